The molecule has 1 aliphatic heterocycles. The molecule has 0 bridgehead atoms. The predicted molar refractivity (Wildman–Crippen MR) is 120 cm³/mol. The van der Waals surface area contributed by atoms with E-state index in [1.807, 2.05) is 6.92 Å². The van der Waals surface area contributed by atoms with E-state index in [1.54, 1.807) is 0 Å². The van der Waals surface area contributed by atoms with E-state index in [2.05, 4.69) is 76.0 Å². The van der Waals surface area contributed by atoms with E-state index in [-0.39, 0.29) is 28.4 Å². The number of likely N-dealkylation sites (tertiary alicyclic amines) is 1. The van der Waals surface area contributed by atoms with Crippen molar-refractivity contribution in [3.8, 4) is 0 Å². The molecule has 3 rings (SSSR count). The standard InChI is InChI=1S/C24H39NO3Si/c1-8-27-22(26)24(14-15-24)20-16-25(18(2)19-12-10-9-11-13-19)17-21(20)28-29(6,7)23(3,4)5/h9-13,18,20-21H,8,14-17H2,1-7H3/t18-,20+,21+/m0/s1. The summed E-state index contributed by atoms with van der Waals surface area (Å²) >= 11 is 0. The first kappa shape index (κ1) is 22.5. The van der Waals surface area contributed by atoms with Crippen molar-refractivity contribution in [1.29, 1.82) is 0 Å². The topological polar surface area (TPSA) is 38.8 Å². The Kier molecular flexibility index (Phi) is 6.33. The Labute approximate surface area is 178 Å². The molecule has 2 aliphatic rings. The second-order valence-electron chi connectivity index (χ2n) is 10.4. The quantitative estimate of drug-likeness (QED) is 0.439. The average molecular weight is 418 g/mol. The average Bonchev–Trinajstić information content (AvgIpc) is 3.36. The molecular formula is C24H39NO3Si. The summed E-state index contributed by atoms with van der Waals surface area (Å²) in [6.07, 6.45) is 1.96. The van der Waals surface area contributed by atoms with Crippen LogP contribution in [-0.4, -0.2) is 45.0 Å². The van der Waals surface area contributed by atoms with Gasteiger partial charge in [0.1, 0.15) is 0 Å². The van der Waals surface area contributed by atoms with Crippen LogP contribution in [-0.2, 0) is 14.0 Å². The van der Waals surface area contributed by atoms with Crippen molar-refractivity contribution in [1.82, 2.24) is 4.90 Å². The number of rotatable bonds is 7. The third kappa shape index (κ3) is 4.47. The lowest BCUT2D eigenvalue weighted by Crippen LogP contribution is -2.48. The smallest absolute Gasteiger partial charge is 0.312 e. The lowest BCUT2D eigenvalue weighted by Gasteiger charge is -2.40. The van der Waals surface area contributed by atoms with Gasteiger partial charge < -0.3 is 9.16 Å². The minimum absolute atomic E-state index is 0.0111. The molecule has 4 nitrogen and oxygen atoms in total. The Balaban J connectivity index is 1.86. The van der Waals surface area contributed by atoms with Gasteiger partial charge in [-0.3, -0.25) is 9.69 Å². The molecule has 2 fully saturated rings. The molecule has 3 atom stereocenters. The summed E-state index contributed by atoms with van der Waals surface area (Å²) in [4.78, 5) is 15.4. The van der Waals surface area contributed by atoms with Gasteiger partial charge in [-0.15, -0.1) is 0 Å². The van der Waals surface area contributed by atoms with E-state index in [0.29, 0.717) is 12.6 Å². The number of nitrogens with zero attached hydrogens (tertiary/aromatic N) is 1. The third-order valence-electron chi connectivity index (χ3n) is 7.56. The van der Waals surface area contributed by atoms with Crippen LogP contribution < -0.4 is 0 Å². The van der Waals surface area contributed by atoms with Crippen molar-refractivity contribution in [3.63, 3.8) is 0 Å². The Bertz CT molecular complexity index is 709. The fraction of sp³-hybridized carbons (Fsp3) is 0.708. The number of esters is 1. The van der Waals surface area contributed by atoms with Gasteiger partial charge in [0.15, 0.2) is 8.32 Å². The number of carbonyl (C=O) groups excluding carboxylic acids is 1. The van der Waals surface area contributed by atoms with Gasteiger partial charge in [-0.1, -0.05) is 51.1 Å². The highest BCUT2D eigenvalue weighted by Gasteiger charge is 2.62. The van der Waals surface area contributed by atoms with Gasteiger partial charge in [0, 0.05) is 25.0 Å². The molecule has 1 aromatic carbocycles. The van der Waals surface area contributed by atoms with Crippen LogP contribution in [0.3, 0.4) is 0 Å². The van der Waals surface area contributed by atoms with E-state index in [4.69, 9.17) is 9.16 Å². The Morgan fingerprint density at radius 1 is 1.21 bits per heavy atom. The highest BCUT2D eigenvalue weighted by molar-refractivity contribution is 6.74. The Morgan fingerprint density at radius 3 is 2.34 bits per heavy atom. The monoisotopic (exact) mass is 417 g/mol. The molecule has 0 unspecified atom stereocenters. The van der Waals surface area contributed by atoms with Crippen LogP contribution in [0.1, 0.15) is 59.1 Å². The number of hydrogen-bond acceptors (Lipinski definition) is 4. The van der Waals surface area contributed by atoms with Gasteiger partial charge in [-0.2, -0.15) is 0 Å². The van der Waals surface area contributed by atoms with Gasteiger partial charge in [0.25, 0.3) is 0 Å². The van der Waals surface area contributed by atoms with Gasteiger partial charge in [-0.25, -0.2) is 0 Å². The molecule has 162 valence electrons. The van der Waals surface area contributed by atoms with Crippen LogP contribution in [0, 0.1) is 11.3 Å². The largest absolute Gasteiger partial charge is 0.466 e. The normalized spacial score (nSPS) is 25.6. The number of ether oxygens (including phenoxy) is 1. The molecule has 0 radical (unpaired) electrons. The first-order chi connectivity index (χ1) is 13.5. The second kappa shape index (κ2) is 8.16. The van der Waals surface area contributed by atoms with E-state index < -0.39 is 8.32 Å². The summed E-state index contributed by atoms with van der Waals surface area (Å²) in [7, 11) is -1.94. The summed E-state index contributed by atoms with van der Waals surface area (Å²) in [5, 5.41) is 0.149. The molecule has 29 heavy (non-hydrogen) atoms. The Hall–Kier alpha value is -1.17. The summed E-state index contributed by atoms with van der Waals surface area (Å²) in [5.74, 6) is 0.199. The molecule has 1 saturated heterocycles. The van der Waals surface area contributed by atoms with Crippen molar-refractivity contribution >= 4 is 14.3 Å². The molecule has 1 aliphatic carbocycles. The highest BCUT2D eigenvalue weighted by atomic mass is 28.4. The first-order valence-electron chi connectivity index (χ1n) is 11.2. The van der Waals surface area contributed by atoms with Crippen molar-refractivity contribution < 1.29 is 14.0 Å². The summed E-state index contributed by atoms with van der Waals surface area (Å²) in [6, 6.07) is 11.0. The van der Waals surface area contributed by atoms with Crippen LogP contribution in [0.4, 0.5) is 0 Å². The lowest BCUT2D eigenvalue weighted by atomic mass is 9.86. The maximum Gasteiger partial charge on any atom is 0.312 e. The number of carbonyl (C=O) groups is 1. The Morgan fingerprint density at radius 2 is 1.83 bits per heavy atom. The lowest BCUT2D eigenvalue weighted by molar-refractivity contribution is -0.153. The number of hydrogen-bond donors (Lipinski definition) is 0. The van der Waals surface area contributed by atoms with Crippen molar-refractivity contribution in [3.05, 3.63) is 35.9 Å². The van der Waals surface area contributed by atoms with Crippen LogP contribution >= 0.6 is 0 Å². The minimum Gasteiger partial charge on any atom is -0.466 e. The van der Waals surface area contributed by atoms with Gasteiger partial charge in [0.05, 0.1) is 18.1 Å². The molecule has 0 aromatic heterocycles. The van der Waals surface area contributed by atoms with E-state index in [9.17, 15) is 4.79 Å². The summed E-state index contributed by atoms with van der Waals surface area (Å²) in [6.45, 7) is 17.9. The van der Waals surface area contributed by atoms with Crippen molar-refractivity contribution in [2.45, 2.75) is 77.7 Å². The zero-order valence-corrected chi connectivity index (χ0v) is 20.3. The van der Waals surface area contributed by atoms with E-state index >= 15 is 0 Å². The molecule has 0 amide bonds. The SMILES string of the molecule is CCOC(=O)C1([C@@H]2CN([C@@H](C)c3ccccc3)C[C@H]2O[Si](C)(C)C(C)(C)C)CC1. The molecule has 1 saturated carbocycles. The number of benzene rings is 1. The fourth-order valence-corrected chi connectivity index (χ4v) is 5.75. The molecule has 1 aromatic rings. The first-order valence-corrected chi connectivity index (χ1v) is 14.1. The zero-order valence-electron chi connectivity index (χ0n) is 19.3. The maximum atomic E-state index is 12.9. The highest BCUT2D eigenvalue weighted by Crippen LogP contribution is 2.57. The van der Waals surface area contributed by atoms with Crippen molar-refractivity contribution in [2.24, 2.45) is 11.3 Å². The fourth-order valence-electron chi connectivity index (χ4n) is 4.40. The van der Waals surface area contributed by atoms with E-state index in [0.717, 1.165) is 25.9 Å². The maximum absolute atomic E-state index is 12.9. The van der Waals surface area contributed by atoms with Gasteiger partial charge in [-0.05, 0) is 50.4 Å². The molecule has 0 spiro atoms. The molecule has 1 heterocycles. The van der Waals surface area contributed by atoms with Crippen molar-refractivity contribution in [2.75, 3.05) is 19.7 Å². The van der Waals surface area contributed by atoms with Crippen LogP contribution in [0.15, 0.2) is 30.3 Å². The van der Waals surface area contributed by atoms with Gasteiger partial charge in [0.2, 0.25) is 0 Å². The molecule has 0 N–H and O–H groups in total. The molecule has 5 heteroatoms. The molecular weight excluding hydrogens is 378 g/mol. The zero-order chi connectivity index (χ0) is 21.4. The third-order valence-corrected chi connectivity index (χ3v) is 12.1. The predicted octanol–water partition coefficient (Wildman–Crippen LogP) is 5.41. The van der Waals surface area contributed by atoms with Crippen LogP contribution in [0.25, 0.3) is 0 Å². The summed E-state index contributed by atoms with van der Waals surface area (Å²) < 4.78 is 12.4. The van der Waals surface area contributed by atoms with E-state index in [1.165, 1.54) is 5.56 Å². The minimum atomic E-state index is -1.94. The van der Waals surface area contributed by atoms with Crippen LogP contribution in [0.5, 0.6) is 0 Å². The summed E-state index contributed by atoms with van der Waals surface area (Å²) in [5.41, 5.74) is 0.981. The second-order valence-corrected chi connectivity index (χ2v) is 15.2. The van der Waals surface area contributed by atoms with Gasteiger partial charge >= 0.3 is 5.97 Å². The van der Waals surface area contributed by atoms with Crippen LogP contribution in [0.2, 0.25) is 18.1 Å².